The van der Waals surface area contributed by atoms with E-state index in [1.54, 1.807) is 32.2 Å². The number of hydrogen-bond acceptors (Lipinski definition) is 10. The number of rotatable bonds is 5. The lowest BCUT2D eigenvalue weighted by molar-refractivity contribution is -0.135. The monoisotopic (exact) mass is 794 g/mol. The molecule has 1 spiro atoms. The van der Waals surface area contributed by atoms with E-state index in [1.807, 2.05) is 17.0 Å². The van der Waals surface area contributed by atoms with Crippen molar-refractivity contribution in [3.8, 4) is 11.5 Å². The molecule has 0 radical (unpaired) electrons. The molecule has 1 saturated heterocycles. The van der Waals surface area contributed by atoms with E-state index in [0.29, 0.717) is 48.5 Å². The lowest BCUT2D eigenvalue weighted by Gasteiger charge is -2.42. The highest BCUT2D eigenvalue weighted by Gasteiger charge is 2.45. The predicted molar refractivity (Wildman–Crippen MR) is 208 cm³/mol. The molecule has 0 saturated carbocycles. The van der Waals surface area contributed by atoms with Crippen LogP contribution in [-0.4, -0.2) is 104 Å². The summed E-state index contributed by atoms with van der Waals surface area (Å²) in [5.41, 5.74) is 2.72. The van der Waals surface area contributed by atoms with E-state index >= 15 is 4.39 Å². The van der Waals surface area contributed by atoms with E-state index < -0.39 is 50.3 Å². The summed E-state index contributed by atoms with van der Waals surface area (Å²) >= 11 is 6.46. The summed E-state index contributed by atoms with van der Waals surface area (Å²) in [5.74, 6) is -1.36. The summed E-state index contributed by atoms with van der Waals surface area (Å²) in [6.45, 7) is 5.34. The van der Waals surface area contributed by atoms with Crippen molar-refractivity contribution < 1.29 is 31.9 Å². The van der Waals surface area contributed by atoms with Gasteiger partial charge < -0.3 is 19.3 Å². The van der Waals surface area contributed by atoms with Crippen molar-refractivity contribution in [3.63, 3.8) is 0 Å². The minimum Gasteiger partial charge on any atom is -0.490 e. The molecule has 294 valence electrons. The minimum absolute atomic E-state index is 0.0411. The van der Waals surface area contributed by atoms with Gasteiger partial charge >= 0.3 is 0 Å². The standard InChI is InChI=1S/C40H48ClFN6O6S/c1-26-8-12-34(42)37(39(50)46(3)16-17-53-32-20-43-25-44-21-32)48-15-5-7-31(48)22-47-23-40(14-4-6-28-18-30(41)10-11-33(28)40)24-54-36-13-9-29(19-35(36)47)38(49)45-55(51,52)27(26)2/h9-13,18-21,25-27,31,37H,4-8,14-17,22-24H2,1-3H3,(H,45,49)/b34-12-/t26-,27+,31-,37+,40-/m0/s1. The molecule has 55 heavy (non-hydrogen) atoms. The van der Waals surface area contributed by atoms with Crippen LogP contribution in [0.25, 0.3) is 0 Å². The first-order valence-corrected chi connectivity index (χ1v) is 20.9. The molecule has 1 fully saturated rings. The second kappa shape index (κ2) is 16.1. The molecule has 3 aromatic rings. The van der Waals surface area contributed by atoms with E-state index in [0.717, 1.165) is 37.7 Å². The third-order valence-electron chi connectivity index (χ3n) is 11.8. The van der Waals surface area contributed by atoms with Gasteiger partial charge in [-0.15, -0.1) is 0 Å². The largest absolute Gasteiger partial charge is 0.490 e. The van der Waals surface area contributed by atoms with Crippen LogP contribution in [0.5, 0.6) is 11.5 Å². The molecule has 3 aliphatic heterocycles. The van der Waals surface area contributed by atoms with E-state index in [-0.39, 0.29) is 31.2 Å². The fourth-order valence-corrected chi connectivity index (χ4v) is 9.97. The van der Waals surface area contributed by atoms with Crippen molar-refractivity contribution in [3.05, 3.63) is 88.7 Å². The van der Waals surface area contributed by atoms with Gasteiger partial charge in [-0.1, -0.05) is 30.7 Å². The maximum Gasteiger partial charge on any atom is 0.264 e. The molecule has 12 nitrogen and oxygen atoms in total. The van der Waals surface area contributed by atoms with Crippen molar-refractivity contribution in [2.75, 3.05) is 51.3 Å². The molecule has 0 unspecified atom stereocenters. The summed E-state index contributed by atoms with van der Waals surface area (Å²) in [6, 6.07) is 9.55. The average molecular weight is 795 g/mol. The molecule has 7 rings (SSSR count). The highest BCUT2D eigenvalue weighted by molar-refractivity contribution is 7.90. The van der Waals surface area contributed by atoms with Crippen molar-refractivity contribution in [1.29, 1.82) is 0 Å². The molecule has 4 heterocycles. The van der Waals surface area contributed by atoms with E-state index in [9.17, 15) is 18.0 Å². The minimum atomic E-state index is -4.16. The molecular formula is C40H48ClFN6O6S. The van der Waals surface area contributed by atoms with Crippen LogP contribution in [0.15, 0.2) is 67.0 Å². The number of carbonyl (C=O) groups excluding carboxylic acids is 2. The quantitative estimate of drug-likeness (QED) is 0.362. The number of amides is 2. The maximum atomic E-state index is 16.8. The van der Waals surface area contributed by atoms with Crippen molar-refractivity contribution in [2.24, 2.45) is 5.92 Å². The van der Waals surface area contributed by atoms with Crippen LogP contribution in [-0.2, 0) is 26.7 Å². The Balaban J connectivity index is 1.28. The van der Waals surface area contributed by atoms with Crippen LogP contribution >= 0.6 is 11.6 Å². The zero-order chi connectivity index (χ0) is 38.9. The van der Waals surface area contributed by atoms with E-state index in [1.165, 1.54) is 42.2 Å². The zero-order valence-electron chi connectivity index (χ0n) is 31.4. The smallest absolute Gasteiger partial charge is 0.264 e. The molecule has 2 bridgehead atoms. The number of halogens is 2. The highest BCUT2D eigenvalue weighted by atomic mass is 35.5. The van der Waals surface area contributed by atoms with Gasteiger partial charge in [0, 0.05) is 42.2 Å². The molecule has 4 aliphatic rings. The first-order chi connectivity index (χ1) is 26.3. The number of likely N-dealkylation sites (N-methyl/N-ethyl adjacent to an activating group) is 1. The van der Waals surface area contributed by atoms with Crippen LogP contribution in [0.2, 0.25) is 5.02 Å². The van der Waals surface area contributed by atoms with Crippen molar-refractivity contribution >= 4 is 39.1 Å². The normalized spacial score (nSPS) is 27.8. The number of hydrogen-bond donors (Lipinski definition) is 1. The number of allylic oxidation sites excluding steroid dienone is 1. The SMILES string of the molecule is C[C@@H]1[C@@H](C)C/C=C(\F)[C@H](C(=O)N(C)CCOc2cncnc2)N2CCC[C@H]2CN2C[C@@]3(CCCc4cc(Cl)ccc43)COc3ccc(cc32)C(=O)NS1(=O)=O. The highest BCUT2D eigenvalue weighted by Crippen LogP contribution is 2.45. The number of nitrogens with one attached hydrogen (secondary N) is 1. The zero-order valence-corrected chi connectivity index (χ0v) is 33.0. The van der Waals surface area contributed by atoms with Crippen LogP contribution in [0.3, 0.4) is 0 Å². The van der Waals surface area contributed by atoms with E-state index in [2.05, 4.69) is 25.7 Å². The summed E-state index contributed by atoms with van der Waals surface area (Å²) < 4.78 is 58.5. The average Bonchev–Trinajstić information content (AvgIpc) is 3.56. The van der Waals surface area contributed by atoms with Gasteiger partial charge in [0.25, 0.3) is 5.91 Å². The lowest BCUT2D eigenvalue weighted by atomic mass is 9.70. The molecule has 1 aliphatic carbocycles. The Morgan fingerprint density at radius 3 is 2.76 bits per heavy atom. The summed E-state index contributed by atoms with van der Waals surface area (Å²) in [4.78, 5) is 41.5. The van der Waals surface area contributed by atoms with Gasteiger partial charge in [0.05, 0.1) is 36.5 Å². The van der Waals surface area contributed by atoms with Gasteiger partial charge in [-0.05, 0) is 99.4 Å². The number of fused-ring (bicyclic) bond motifs is 4. The number of aryl methyl sites for hydroxylation is 1. The van der Waals surface area contributed by atoms with Gasteiger partial charge in [0.2, 0.25) is 15.9 Å². The van der Waals surface area contributed by atoms with Crippen LogP contribution in [0, 0.1) is 5.92 Å². The van der Waals surface area contributed by atoms with Gasteiger partial charge in [-0.3, -0.25) is 14.5 Å². The Labute approximate surface area is 327 Å². The van der Waals surface area contributed by atoms with Gasteiger partial charge in [-0.25, -0.2) is 27.5 Å². The van der Waals surface area contributed by atoms with Crippen LogP contribution < -0.4 is 19.1 Å². The maximum absolute atomic E-state index is 16.8. The first-order valence-electron chi connectivity index (χ1n) is 19.0. The summed E-state index contributed by atoms with van der Waals surface area (Å²) in [6.07, 6.45) is 9.98. The Hall–Kier alpha value is -4.27. The Kier molecular flexibility index (Phi) is 11.4. The Bertz CT molecular complexity index is 2060. The van der Waals surface area contributed by atoms with E-state index in [4.69, 9.17) is 21.1 Å². The molecule has 1 N–H and O–H groups in total. The summed E-state index contributed by atoms with van der Waals surface area (Å²) in [7, 11) is -2.53. The number of anilines is 1. The van der Waals surface area contributed by atoms with Crippen LogP contribution in [0.4, 0.5) is 10.1 Å². The van der Waals surface area contributed by atoms with Gasteiger partial charge in [-0.2, -0.15) is 0 Å². The Morgan fingerprint density at radius 2 is 1.96 bits per heavy atom. The number of ether oxygens (including phenoxy) is 2. The number of aromatic nitrogens is 2. The molecule has 1 aromatic heterocycles. The topological polar surface area (TPSA) is 134 Å². The van der Waals surface area contributed by atoms with Crippen molar-refractivity contribution in [1.82, 2.24) is 24.5 Å². The first kappa shape index (κ1) is 39.0. The third kappa shape index (κ3) is 8.17. The molecular weight excluding hydrogens is 747 g/mol. The van der Waals surface area contributed by atoms with Crippen molar-refractivity contribution in [2.45, 2.75) is 75.1 Å². The molecule has 15 heteroatoms. The third-order valence-corrected chi connectivity index (χ3v) is 13.9. The van der Waals surface area contributed by atoms with Gasteiger partial charge in [0.1, 0.15) is 30.6 Å². The molecule has 5 atom stereocenters. The molecule has 2 aromatic carbocycles. The number of nitrogens with zero attached hydrogens (tertiary/aromatic N) is 5. The second-order valence-electron chi connectivity index (χ2n) is 15.4. The Morgan fingerprint density at radius 1 is 1.16 bits per heavy atom. The lowest BCUT2D eigenvalue weighted by Crippen LogP contribution is -2.54. The number of carbonyl (C=O) groups is 2. The molecule has 2 amide bonds. The fraction of sp³-hybridized carbons (Fsp3) is 0.500. The van der Waals surface area contributed by atoms with Crippen LogP contribution in [0.1, 0.15) is 67.4 Å². The number of sulfonamides is 1. The fourth-order valence-electron chi connectivity index (χ4n) is 8.49. The number of benzene rings is 2. The second-order valence-corrected chi connectivity index (χ2v) is 17.9. The summed E-state index contributed by atoms with van der Waals surface area (Å²) in [5, 5.41) is -0.366. The van der Waals surface area contributed by atoms with Gasteiger partial charge in [0.15, 0.2) is 5.75 Å². The predicted octanol–water partition coefficient (Wildman–Crippen LogP) is 5.31.